The molecule has 0 saturated heterocycles. The number of hydrogen-bond acceptors (Lipinski definition) is 3. The summed E-state index contributed by atoms with van der Waals surface area (Å²) in [5, 5.41) is 0. The van der Waals surface area contributed by atoms with Gasteiger partial charge in [0.2, 0.25) is 5.88 Å². The highest BCUT2D eigenvalue weighted by atomic mass is 35.5. The van der Waals surface area contributed by atoms with Crippen molar-refractivity contribution in [1.82, 2.24) is 4.98 Å². The van der Waals surface area contributed by atoms with Gasteiger partial charge >= 0.3 is 0 Å². The van der Waals surface area contributed by atoms with E-state index in [9.17, 15) is 0 Å². The van der Waals surface area contributed by atoms with Crippen molar-refractivity contribution in [2.24, 2.45) is 0 Å². The molecule has 0 saturated carbocycles. The maximum Gasteiger partial charge on any atom is 0.215 e. The fraction of sp³-hybridized carbons (Fsp3) is 0.375. The van der Waals surface area contributed by atoms with Crippen LogP contribution in [0.3, 0.4) is 0 Å². The third-order valence-electron chi connectivity index (χ3n) is 1.10. The molecule has 1 aromatic heterocycles. The van der Waals surface area contributed by atoms with Gasteiger partial charge in [-0.25, -0.2) is 0 Å². The van der Waals surface area contributed by atoms with Crippen LogP contribution in [0.2, 0.25) is 0 Å². The lowest BCUT2D eigenvalue weighted by atomic mass is 10.4. The fourth-order valence-electron chi connectivity index (χ4n) is 0.738. The van der Waals surface area contributed by atoms with Crippen molar-refractivity contribution < 1.29 is 4.74 Å². The van der Waals surface area contributed by atoms with Gasteiger partial charge in [0, 0.05) is 6.07 Å². The van der Waals surface area contributed by atoms with Crippen LogP contribution in [0.4, 0.5) is 5.82 Å². The molecule has 68 valence electrons. The lowest BCUT2D eigenvalue weighted by Crippen LogP contribution is -2.07. The molecule has 0 aliphatic heterocycles. The van der Waals surface area contributed by atoms with Crippen LogP contribution in [0.15, 0.2) is 18.2 Å². The largest absolute Gasteiger partial charge is 0.475 e. The van der Waals surface area contributed by atoms with Crippen LogP contribution in [0, 0.1) is 0 Å². The summed E-state index contributed by atoms with van der Waals surface area (Å²) in [5.41, 5.74) is 5.44. The first-order valence-corrected chi connectivity index (χ1v) is 3.57. The number of pyridine rings is 1. The Balaban J connectivity index is 0.00000121. The molecule has 0 unspecified atom stereocenters. The van der Waals surface area contributed by atoms with E-state index in [0.29, 0.717) is 11.7 Å². The zero-order valence-electron chi connectivity index (χ0n) is 7.15. The summed E-state index contributed by atoms with van der Waals surface area (Å²) in [6, 6.07) is 5.34. The Hall–Kier alpha value is -0.960. The van der Waals surface area contributed by atoms with Gasteiger partial charge in [0.25, 0.3) is 0 Å². The van der Waals surface area contributed by atoms with Crippen molar-refractivity contribution in [3.05, 3.63) is 18.2 Å². The molecular weight excluding hydrogens is 176 g/mol. The van der Waals surface area contributed by atoms with Crippen LogP contribution in [0.5, 0.6) is 5.88 Å². The summed E-state index contributed by atoms with van der Waals surface area (Å²) < 4.78 is 5.30. The van der Waals surface area contributed by atoms with Crippen LogP contribution in [0.1, 0.15) is 13.8 Å². The van der Waals surface area contributed by atoms with Gasteiger partial charge in [0.05, 0.1) is 6.10 Å². The van der Waals surface area contributed by atoms with Gasteiger partial charge < -0.3 is 10.5 Å². The molecule has 0 aromatic carbocycles. The molecule has 0 atom stereocenters. The second-order valence-corrected chi connectivity index (χ2v) is 2.57. The van der Waals surface area contributed by atoms with Gasteiger partial charge in [-0.3, -0.25) is 0 Å². The van der Waals surface area contributed by atoms with E-state index in [2.05, 4.69) is 4.98 Å². The lowest BCUT2D eigenvalue weighted by Gasteiger charge is -2.07. The summed E-state index contributed by atoms with van der Waals surface area (Å²) in [5.74, 6) is 1.07. The van der Waals surface area contributed by atoms with Gasteiger partial charge in [-0.15, -0.1) is 12.4 Å². The van der Waals surface area contributed by atoms with Gasteiger partial charge in [-0.2, -0.15) is 4.98 Å². The Morgan fingerprint density at radius 1 is 1.42 bits per heavy atom. The smallest absolute Gasteiger partial charge is 0.215 e. The third-order valence-corrected chi connectivity index (χ3v) is 1.10. The van der Waals surface area contributed by atoms with Crippen molar-refractivity contribution >= 4 is 18.2 Å². The minimum Gasteiger partial charge on any atom is -0.475 e. The number of nitrogens with zero attached hydrogens (tertiary/aromatic N) is 1. The number of nitrogens with two attached hydrogens (primary N) is 1. The number of ether oxygens (including phenoxy) is 1. The quantitative estimate of drug-likeness (QED) is 0.771. The Bertz CT molecular complexity index is 240. The lowest BCUT2D eigenvalue weighted by molar-refractivity contribution is 0.233. The second-order valence-electron chi connectivity index (χ2n) is 2.57. The monoisotopic (exact) mass is 188 g/mol. The molecule has 4 heteroatoms. The molecule has 1 heterocycles. The van der Waals surface area contributed by atoms with Crippen LogP contribution >= 0.6 is 12.4 Å². The Labute approximate surface area is 78.4 Å². The van der Waals surface area contributed by atoms with E-state index in [1.165, 1.54) is 0 Å². The molecule has 2 N–H and O–H groups in total. The van der Waals surface area contributed by atoms with Crippen molar-refractivity contribution in [2.45, 2.75) is 20.0 Å². The van der Waals surface area contributed by atoms with Crippen molar-refractivity contribution in [3.63, 3.8) is 0 Å². The Morgan fingerprint density at radius 2 is 2.08 bits per heavy atom. The standard InChI is InChI=1S/C8H12N2O.ClH/c1-6(2)11-8-5-3-4-7(9)10-8;/h3-6H,1-2H3,(H2,9,10);1H. The van der Waals surface area contributed by atoms with Crippen molar-refractivity contribution in [1.29, 1.82) is 0 Å². The highest BCUT2D eigenvalue weighted by molar-refractivity contribution is 5.85. The molecule has 0 bridgehead atoms. The highest BCUT2D eigenvalue weighted by Gasteiger charge is 1.97. The number of halogens is 1. The number of aromatic nitrogens is 1. The van der Waals surface area contributed by atoms with Crippen molar-refractivity contribution in [2.75, 3.05) is 5.73 Å². The minimum absolute atomic E-state index is 0. The van der Waals surface area contributed by atoms with Gasteiger partial charge in [-0.1, -0.05) is 6.07 Å². The maximum atomic E-state index is 5.44. The Morgan fingerprint density at radius 3 is 2.58 bits per heavy atom. The molecule has 0 aliphatic rings. The number of nitrogen functional groups attached to an aromatic ring is 1. The molecule has 3 nitrogen and oxygen atoms in total. The molecule has 0 aliphatic carbocycles. The van der Waals surface area contributed by atoms with E-state index >= 15 is 0 Å². The predicted octanol–water partition coefficient (Wildman–Crippen LogP) is 1.87. The zero-order chi connectivity index (χ0) is 8.27. The van der Waals surface area contributed by atoms with E-state index in [-0.39, 0.29) is 18.5 Å². The number of hydrogen-bond donors (Lipinski definition) is 1. The van der Waals surface area contributed by atoms with Gasteiger partial charge in [0.1, 0.15) is 5.82 Å². The first kappa shape index (κ1) is 11.0. The summed E-state index contributed by atoms with van der Waals surface area (Å²) in [4.78, 5) is 3.97. The Kier molecular flexibility index (Phi) is 4.44. The summed E-state index contributed by atoms with van der Waals surface area (Å²) in [7, 11) is 0. The molecule has 0 radical (unpaired) electrons. The number of anilines is 1. The third kappa shape index (κ3) is 3.44. The molecule has 1 aromatic rings. The molecular formula is C8H13ClN2O. The highest BCUT2D eigenvalue weighted by Crippen LogP contribution is 2.09. The van der Waals surface area contributed by atoms with Crippen LogP contribution in [-0.4, -0.2) is 11.1 Å². The van der Waals surface area contributed by atoms with E-state index in [1.54, 1.807) is 12.1 Å². The summed E-state index contributed by atoms with van der Waals surface area (Å²) in [6.45, 7) is 3.90. The SMILES string of the molecule is CC(C)Oc1cccc(N)n1.Cl. The molecule has 1 rings (SSSR count). The molecule has 0 amide bonds. The zero-order valence-corrected chi connectivity index (χ0v) is 7.97. The van der Waals surface area contributed by atoms with Gasteiger partial charge in [-0.05, 0) is 19.9 Å². The van der Waals surface area contributed by atoms with Gasteiger partial charge in [0.15, 0.2) is 0 Å². The first-order chi connectivity index (χ1) is 5.18. The van der Waals surface area contributed by atoms with E-state index in [0.717, 1.165) is 0 Å². The normalized spacial score (nSPS) is 9.25. The van der Waals surface area contributed by atoms with E-state index in [4.69, 9.17) is 10.5 Å². The van der Waals surface area contributed by atoms with Crippen molar-refractivity contribution in [3.8, 4) is 5.88 Å². The average molecular weight is 189 g/mol. The number of rotatable bonds is 2. The average Bonchev–Trinajstić information content (AvgIpc) is 1.85. The van der Waals surface area contributed by atoms with Crippen LogP contribution < -0.4 is 10.5 Å². The van der Waals surface area contributed by atoms with E-state index in [1.807, 2.05) is 19.9 Å². The maximum absolute atomic E-state index is 5.44. The summed E-state index contributed by atoms with van der Waals surface area (Å²) in [6.07, 6.45) is 0.143. The second kappa shape index (κ2) is 4.83. The molecule has 12 heavy (non-hydrogen) atoms. The van der Waals surface area contributed by atoms with E-state index < -0.39 is 0 Å². The molecule has 0 fully saturated rings. The summed E-state index contributed by atoms with van der Waals surface area (Å²) >= 11 is 0. The predicted molar refractivity (Wildman–Crippen MR) is 51.7 cm³/mol. The fourth-order valence-corrected chi connectivity index (χ4v) is 0.738. The van der Waals surface area contributed by atoms with Crippen LogP contribution in [0.25, 0.3) is 0 Å². The topological polar surface area (TPSA) is 48.1 Å². The first-order valence-electron chi connectivity index (χ1n) is 3.57. The molecule has 0 spiro atoms. The minimum atomic E-state index is 0. The van der Waals surface area contributed by atoms with Crippen LogP contribution in [-0.2, 0) is 0 Å².